The van der Waals surface area contributed by atoms with Crippen LogP contribution in [0.1, 0.15) is 35.3 Å². The summed E-state index contributed by atoms with van der Waals surface area (Å²) in [5.74, 6) is 0. The summed E-state index contributed by atoms with van der Waals surface area (Å²) in [6.45, 7) is 7.61. The lowest BCUT2D eigenvalue weighted by Gasteiger charge is -2.44. The molecule has 1 N–H and O–H groups in total. The Balaban J connectivity index is 1.36. The number of hydrogen-bond acceptors (Lipinski definition) is 6. The Morgan fingerprint density at radius 3 is 2.47 bits per heavy atom. The molecule has 34 heavy (non-hydrogen) atoms. The molecule has 2 aromatic carbocycles. The smallest absolute Gasteiger partial charge is 0.168 e. The Kier molecular flexibility index (Phi) is 6.83. The van der Waals surface area contributed by atoms with Crippen molar-refractivity contribution in [1.82, 2.24) is 20.1 Å². The van der Waals surface area contributed by atoms with Crippen LogP contribution in [0.3, 0.4) is 0 Å². The normalized spacial score (nSPS) is 23.4. The quantitative estimate of drug-likeness (QED) is 0.551. The molecule has 2 aliphatic rings. The van der Waals surface area contributed by atoms with E-state index in [0.717, 1.165) is 38.0 Å². The largest absolute Gasteiger partial charge is 0.347 e. The van der Waals surface area contributed by atoms with Crippen molar-refractivity contribution in [2.75, 3.05) is 32.7 Å². The topological polar surface area (TPSA) is 57.7 Å². The molecule has 0 spiro atoms. The van der Waals surface area contributed by atoms with E-state index in [2.05, 4.69) is 69.5 Å². The first-order valence-corrected chi connectivity index (χ1v) is 12.0. The predicted octanol–water partition coefficient (Wildman–Crippen LogP) is 3.35. The van der Waals surface area contributed by atoms with Gasteiger partial charge < -0.3 is 10.1 Å². The van der Waals surface area contributed by atoms with Gasteiger partial charge in [-0.3, -0.25) is 19.6 Å². The van der Waals surface area contributed by atoms with Crippen molar-refractivity contribution in [3.05, 3.63) is 101 Å². The number of carbonyl (C=O) groups is 1. The number of aromatic nitrogens is 1. The molecule has 3 aromatic rings. The Morgan fingerprint density at radius 2 is 1.79 bits per heavy atom. The summed E-state index contributed by atoms with van der Waals surface area (Å²) in [5, 5.41) is 3.46. The van der Waals surface area contributed by atoms with Crippen LogP contribution >= 0.6 is 0 Å². The maximum atomic E-state index is 11.7. The van der Waals surface area contributed by atoms with Crippen molar-refractivity contribution < 1.29 is 9.53 Å². The minimum atomic E-state index is -0.522. The average molecular weight is 457 g/mol. The number of carbonyl (C=O) groups excluding carboxylic acids is 1. The van der Waals surface area contributed by atoms with Gasteiger partial charge in [-0.05, 0) is 35.2 Å². The first-order valence-electron chi connectivity index (χ1n) is 12.0. The van der Waals surface area contributed by atoms with Crippen LogP contribution in [0, 0.1) is 0 Å². The van der Waals surface area contributed by atoms with E-state index in [1.165, 1.54) is 16.7 Å². The van der Waals surface area contributed by atoms with Crippen molar-refractivity contribution in [3.63, 3.8) is 0 Å². The SMILES string of the molecule is CC(c1ccc(CN2C[C@@H](c3ccccc3)OC2C=O)cc1)(c1cccnc1)N1CCNCC1. The van der Waals surface area contributed by atoms with Crippen LogP contribution < -0.4 is 5.32 Å². The molecule has 0 saturated carbocycles. The van der Waals surface area contributed by atoms with Crippen LogP contribution in [0.15, 0.2) is 79.1 Å². The van der Waals surface area contributed by atoms with Gasteiger partial charge in [-0.15, -0.1) is 0 Å². The second-order valence-corrected chi connectivity index (χ2v) is 9.24. The number of nitrogens with one attached hydrogen (secondary N) is 1. The average Bonchev–Trinajstić information content (AvgIpc) is 3.33. The summed E-state index contributed by atoms with van der Waals surface area (Å²) in [4.78, 5) is 20.8. The summed E-state index contributed by atoms with van der Waals surface area (Å²) in [6.07, 6.45) is 4.11. The molecule has 6 nitrogen and oxygen atoms in total. The monoisotopic (exact) mass is 456 g/mol. The molecular weight excluding hydrogens is 424 g/mol. The lowest BCUT2D eigenvalue weighted by atomic mass is 9.83. The van der Waals surface area contributed by atoms with Crippen LogP contribution in [0.2, 0.25) is 0 Å². The van der Waals surface area contributed by atoms with Crippen molar-refractivity contribution in [2.45, 2.75) is 31.3 Å². The number of ether oxygens (including phenoxy) is 1. The zero-order valence-electron chi connectivity index (χ0n) is 19.6. The third-order valence-electron chi connectivity index (χ3n) is 7.23. The van der Waals surface area contributed by atoms with Crippen LogP contribution in [-0.2, 0) is 21.6 Å². The fourth-order valence-corrected chi connectivity index (χ4v) is 5.20. The second kappa shape index (κ2) is 10.2. The van der Waals surface area contributed by atoms with E-state index in [1.54, 1.807) is 0 Å². The van der Waals surface area contributed by atoms with Gasteiger partial charge in [0.05, 0.1) is 11.6 Å². The molecule has 176 valence electrons. The molecule has 0 amide bonds. The van der Waals surface area contributed by atoms with Crippen molar-refractivity contribution in [2.24, 2.45) is 0 Å². The van der Waals surface area contributed by atoms with Gasteiger partial charge in [0.15, 0.2) is 12.5 Å². The molecule has 2 fully saturated rings. The minimum Gasteiger partial charge on any atom is -0.347 e. The van der Waals surface area contributed by atoms with Gasteiger partial charge in [-0.25, -0.2) is 0 Å². The number of piperazine rings is 1. The van der Waals surface area contributed by atoms with Crippen molar-refractivity contribution in [3.8, 4) is 0 Å². The lowest BCUT2D eigenvalue weighted by molar-refractivity contribution is -0.123. The zero-order valence-corrected chi connectivity index (χ0v) is 19.6. The number of hydrogen-bond donors (Lipinski definition) is 1. The molecule has 6 heteroatoms. The highest BCUT2D eigenvalue weighted by Crippen LogP contribution is 2.36. The van der Waals surface area contributed by atoms with Crippen LogP contribution in [0.4, 0.5) is 0 Å². The number of rotatable bonds is 7. The fraction of sp³-hybridized carbons (Fsp3) is 0.357. The van der Waals surface area contributed by atoms with Gasteiger partial charge in [0.25, 0.3) is 0 Å². The summed E-state index contributed by atoms with van der Waals surface area (Å²) >= 11 is 0. The molecule has 3 atom stereocenters. The summed E-state index contributed by atoms with van der Waals surface area (Å²) in [6, 6.07) is 23.1. The Labute approximate surface area is 201 Å². The maximum Gasteiger partial charge on any atom is 0.168 e. The van der Waals surface area contributed by atoms with E-state index in [0.29, 0.717) is 13.1 Å². The molecule has 5 rings (SSSR count). The number of nitrogens with zero attached hydrogens (tertiary/aromatic N) is 3. The number of benzene rings is 2. The van der Waals surface area contributed by atoms with E-state index in [-0.39, 0.29) is 11.6 Å². The maximum absolute atomic E-state index is 11.7. The Morgan fingerprint density at radius 1 is 1.03 bits per heavy atom. The van der Waals surface area contributed by atoms with Gasteiger partial charge >= 0.3 is 0 Å². The molecule has 2 saturated heterocycles. The van der Waals surface area contributed by atoms with E-state index in [4.69, 9.17) is 4.74 Å². The van der Waals surface area contributed by atoms with E-state index in [1.807, 2.05) is 36.7 Å². The Bertz CT molecular complexity index is 1070. The molecule has 0 radical (unpaired) electrons. The minimum absolute atomic E-state index is 0.0859. The number of pyridine rings is 1. The highest BCUT2D eigenvalue weighted by Gasteiger charge is 2.37. The second-order valence-electron chi connectivity index (χ2n) is 9.24. The molecular formula is C28H32N4O2. The Hall–Kier alpha value is -2.90. The molecule has 2 aliphatic heterocycles. The van der Waals surface area contributed by atoms with Gasteiger partial charge in [0.2, 0.25) is 0 Å². The predicted molar refractivity (Wildman–Crippen MR) is 132 cm³/mol. The standard InChI is InChI=1S/C28H32N4O2/c1-28(25-8-5-13-30-18-25,32-16-14-29-15-17-32)24-11-9-22(10-12-24)19-31-20-26(34-27(31)21-33)23-6-3-2-4-7-23/h2-13,18,21,26-27,29H,14-17,19-20H2,1H3/t26-,27?,28?/m0/s1. The first kappa shape index (κ1) is 22.9. The van der Waals surface area contributed by atoms with Crippen molar-refractivity contribution >= 4 is 6.29 Å². The highest BCUT2D eigenvalue weighted by molar-refractivity contribution is 5.56. The summed E-state index contributed by atoms with van der Waals surface area (Å²) in [7, 11) is 0. The fourth-order valence-electron chi connectivity index (χ4n) is 5.20. The van der Waals surface area contributed by atoms with E-state index < -0.39 is 6.23 Å². The molecule has 1 aromatic heterocycles. The molecule has 3 heterocycles. The number of aldehydes is 1. The van der Waals surface area contributed by atoms with Gasteiger partial charge in [0.1, 0.15) is 0 Å². The third-order valence-corrected chi connectivity index (χ3v) is 7.23. The van der Waals surface area contributed by atoms with E-state index >= 15 is 0 Å². The molecule has 0 aliphatic carbocycles. The van der Waals surface area contributed by atoms with Gasteiger partial charge in [-0.1, -0.05) is 60.7 Å². The van der Waals surface area contributed by atoms with Crippen LogP contribution in [0.25, 0.3) is 0 Å². The van der Waals surface area contributed by atoms with Gasteiger partial charge in [0, 0.05) is 51.7 Å². The molecule has 0 bridgehead atoms. The summed E-state index contributed by atoms with van der Waals surface area (Å²) < 4.78 is 6.03. The van der Waals surface area contributed by atoms with Crippen LogP contribution in [-0.4, -0.2) is 60.0 Å². The van der Waals surface area contributed by atoms with Gasteiger partial charge in [-0.2, -0.15) is 0 Å². The van der Waals surface area contributed by atoms with E-state index in [9.17, 15) is 4.79 Å². The molecule has 2 unspecified atom stereocenters. The highest BCUT2D eigenvalue weighted by atomic mass is 16.5. The lowest BCUT2D eigenvalue weighted by Crippen LogP contribution is -2.53. The van der Waals surface area contributed by atoms with Crippen molar-refractivity contribution in [1.29, 1.82) is 0 Å². The third kappa shape index (κ3) is 4.55. The van der Waals surface area contributed by atoms with Crippen LogP contribution in [0.5, 0.6) is 0 Å². The summed E-state index contributed by atoms with van der Waals surface area (Å²) in [5.41, 5.74) is 4.47. The zero-order chi connectivity index (χ0) is 23.4. The first-order chi connectivity index (χ1) is 16.7.